The number of rotatable bonds is 5. The largest absolute Gasteiger partial charge is 0.366 e. The van der Waals surface area contributed by atoms with Crippen LogP contribution in [0, 0.1) is 19.8 Å². The lowest BCUT2D eigenvalue weighted by molar-refractivity contribution is 0.100. The number of nitrogens with two attached hydrogens (primary N) is 1. The fourth-order valence-electron chi connectivity index (χ4n) is 2.49. The van der Waals surface area contributed by atoms with Crippen molar-refractivity contribution in [3.63, 3.8) is 0 Å². The molecule has 0 saturated heterocycles. The number of carbonyl (C=O) groups is 2. The molecule has 1 aromatic heterocycles. The van der Waals surface area contributed by atoms with Crippen LogP contribution < -0.4 is 11.1 Å². The van der Waals surface area contributed by atoms with Gasteiger partial charge < -0.3 is 11.1 Å². The number of primary amides is 1. The quantitative estimate of drug-likeness (QED) is 0.888. The van der Waals surface area contributed by atoms with Gasteiger partial charge in [-0.2, -0.15) is 5.10 Å². The maximum absolute atomic E-state index is 12.5. The highest BCUT2D eigenvalue weighted by Gasteiger charge is 2.18. The van der Waals surface area contributed by atoms with Crippen LogP contribution in [0.25, 0.3) is 0 Å². The van der Waals surface area contributed by atoms with Crippen LogP contribution in [0.4, 0.5) is 5.69 Å². The number of aryl methyl sites for hydroxylation is 1. The van der Waals surface area contributed by atoms with Crippen molar-refractivity contribution in [2.24, 2.45) is 11.7 Å². The molecule has 0 aliphatic carbocycles. The lowest BCUT2D eigenvalue weighted by Gasteiger charge is -2.11. The number of nitrogens with zero attached hydrogens (tertiary/aromatic N) is 2. The molecule has 23 heavy (non-hydrogen) atoms. The predicted molar refractivity (Wildman–Crippen MR) is 89.5 cm³/mol. The Labute approximate surface area is 135 Å². The Kier molecular flexibility index (Phi) is 4.83. The van der Waals surface area contributed by atoms with Crippen molar-refractivity contribution < 1.29 is 9.59 Å². The number of nitrogens with one attached hydrogen (secondary N) is 1. The minimum absolute atomic E-state index is 0.300. The van der Waals surface area contributed by atoms with Crippen LogP contribution in [0.15, 0.2) is 24.4 Å². The van der Waals surface area contributed by atoms with Crippen LogP contribution in [0.2, 0.25) is 0 Å². The second-order valence-corrected chi connectivity index (χ2v) is 6.04. The minimum Gasteiger partial charge on any atom is -0.366 e. The third-order valence-corrected chi connectivity index (χ3v) is 3.65. The van der Waals surface area contributed by atoms with Gasteiger partial charge in [0.25, 0.3) is 11.8 Å². The van der Waals surface area contributed by atoms with Gasteiger partial charge in [0.05, 0.1) is 23.0 Å². The average molecular weight is 314 g/mol. The lowest BCUT2D eigenvalue weighted by atomic mass is 10.1. The van der Waals surface area contributed by atoms with Gasteiger partial charge in [0, 0.05) is 12.2 Å². The highest BCUT2D eigenvalue weighted by molar-refractivity contribution is 6.09. The van der Waals surface area contributed by atoms with Gasteiger partial charge in [-0.3, -0.25) is 14.3 Å². The first-order chi connectivity index (χ1) is 10.8. The minimum atomic E-state index is -0.564. The maximum Gasteiger partial charge on any atom is 0.259 e. The highest BCUT2D eigenvalue weighted by atomic mass is 16.2. The lowest BCUT2D eigenvalue weighted by Crippen LogP contribution is -2.20. The first-order valence-electron chi connectivity index (χ1n) is 7.54. The Morgan fingerprint density at radius 2 is 2.00 bits per heavy atom. The van der Waals surface area contributed by atoms with E-state index in [-0.39, 0.29) is 5.91 Å². The molecule has 0 bridgehead atoms. The standard InChI is InChI=1S/C17H22N4O2/c1-10(2)9-21-12(4)13(8-19-21)17(23)20-14-7-5-6-11(3)15(14)16(18)22/h5-8,10H,9H2,1-4H3,(H2,18,22)(H,20,23). The van der Waals surface area contributed by atoms with Gasteiger partial charge in [-0.25, -0.2) is 0 Å². The van der Waals surface area contributed by atoms with Crippen molar-refractivity contribution in [3.05, 3.63) is 46.8 Å². The van der Waals surface area contributed by atoms with Crippen molar-refractivity contribution in [1.82, 2.24) is 9.78 Å². The highest BCUT2D eigenvalue weighted by Crippen LogP contribution is 2.20. The Bertz CT molecular complexity index is 747. The molecule has 3 N–H and O–H groups in total. The molecule has 1 aromatic carbocycles. The molecule has 6 heteroatoms. The van der Waals surface area contributed by atoms with Gasteiger partial charge in [-0.15, -0.1) is 0 Å². The normalized spacial score (nSPS) is 10.8. The van der Waals surface area contributed by atoms with E-state index in [0.717, 1.165) is 17.8 Å². The second-order valence-electron chi connectivity index (χ2n) is 6.04. The number of carbonyl (C=O) groups excluding carboxylic acids is 2. The molecule has 0 spiro atoms. The Balaban J connectivity index is 2.29. The van der Waals surface area contributed by atoms with Gasteiger partial charge in [0.15, 0.2) is 0 Å². The summed E-state index contributed by atoms with van der Waals surface area (Å²) in [6.07, 6.45) is 1.55. The van der Waals surface area contributed by atoms with Crippen LogP contribution in [-0.2, 0) is 6.54 Å². The number of anilines is 1. The fourth-order valence-corrected chi connectivity index (χ4v) is 2.49. The SMILES string of the molecule is Cc1cccc(NC(=O)c2cnn(CC(C)C)c2C)c1C(N)=O. The van der Waals surface area contributed by atoms with Crippen molar-refractivity contribution in [1.29, 1.82) is 0 Å². The van der Waals surface area contributed by atoms with Gasteiger partial charge in [-0.05, 0) is 31.4 Å². The maximum atomic E-state index is 12.5. The van der Waals surface area contributed by atoms with Crippen molar-refractivity contribution in [2.75, 3.05) is 5.32 Å². The van der Waals surface area contributed by atoms with E-state index in [1.54, 1.807) is 31.3 Å². The predicted octanol–water partition coefficient (Wildman–Crippen LogP) is 2.51. The average Bonchev–Trinajstić information content (AvgIpc) is 2.79. The topological polar surface area (TPSA) is 90.0 Å². The molecular weight excluding hydrogens is 292 g/mol. The number of hydrogen-bond acceptors (Lipinski definition) is 3. The van der Waals surface area contributed by atoms with E-state index < -0.39 is 5.91 Å². The smallest absolute Gasteiger partial charge is 0.259 e. The van der Waals surface area contributed by atoms with E-state index in [1.807, 2.05) is 11.6 Å². The van der Waals surface area contributed by atoms with E-state index in [1.165, 1.54) is 0 Å². The van der Waals surface area contributed by atoms with E-state index in [9.17, 15) is 9.59 Å². The van der Waals surface area contributed by atoms with E-state index in [4.69, 9.17) is 5.73 Å². The van der Waals surface area contributed by atoms with E-state index in [2.05, 4.69) is 24.3 Å². The molecule has 0 saturated carbocycles. The molecule has 0 aliphatic rings. The van der Waals surface area contributed by atoms with Crippen LogP contribution in [0.1, 0.15) is 45.8 Å². The van der Waals surface area contributed by atoms with Crippen molar-refractivity contribution in [3.8, 4) is 0 Å². The summed E-state index contributed by atoms with van der Waals surface area (Å²) in [4.78, 5) is 24.1. The first-order valence-corrected chi connectivity index (χ1v) is 7.54. The number of amides is 2. The van der Waals surface area contributed by atoms with E-state index >= 15 is 0 Å². The van der Waals surface area contributed by atoms with Gasteiger partial charge >= 0.3 is 0 Å². The molecule has 0 radical (unpaired) electrons. The van der Waals surface area contributed by atoms with Crippen molar-refractivity contribution in [2.45, 2.75) is 34.2 Å². The molecule has 122 valence electrons. The Morgan fingerprint density at radius 1 is 1.30 bits per heavy atom. The fraction of sp³-hybridized carbons (Fsp3) is 0.353. The molecule has 2 aromatic rings. The molecule has 0 fully saturated rings. The van der Waals surface area contributed by atoms with Gasteiger partial charge in [0.2, 0.25) is 0 Å². The summed E-state index contributed by atoms with van der Waals surface area (Å²) in [6.45, 7) is 8.56. The summed E-state index contributed by atoms with van der Waals surface area (Å²) >= 11 is 0. The Morgan fingerprint density at radius 3 is 2.61 bits per heavy atom. The molecule has 2 rings (SSSR count). The van der Waals surface area contributed by atoms with Gasteiger partial charge in [-0.1, -0.05) is 26.0 Å². The Hall–Kier alpha value is -2.63. The monoisotopic (exact) mass is 314 g/mol. The zero-order chi connectivity index (χ0) is 17.1. The summed E-state index contributed by atoms with van der Waals surface area (Å²) in [5.74, 6) is -0.432. The zero-order valence-corrected chi connectivity index (χ0v) is 13.9. The summed E-state index contributed by atoms with van der Waals surface area (Å²) in [5, 5.41) is 7.02. The zero-order valence-electron chi connectivity index (χ0n) is 13.9. The molecule has 0 atom stereocenters. The molecule has 1 heterocycles. The summed E-state index contributed by atoms with van der Waals surface area (Å²) in [6, 6.07) is 5.22. The van der Waals surface area contributed by atoms with Crippen LogP contribution >= 0.6 is 0 Å². The number of hydrogen-bond donors (Lipinski definition) is 2. The van der Waals surface area contributed by atoms with Crippen LogP contribution in [-0.4, -0.2) is 21.6 Å². The molecule has 6 nitrogen and oxygen atoms in total. The van der Waals surface area contributed by atoms with Crippen molar-refractivity contribution >= 4 is 17.5 Å². The van der Waals surface area contributed by atoms with Crippen LogP contribution in [0.3, 0.4) is 0 Å². The first kappa shape index (κ1) is 16.7. The molecule has 0 aliphatic heterocycles. The molecule has 2 amide bonds. The number of aromatic nitrogens is 2. The van der Waals surface area contributed by atoms with Crippen LogP contribution in [0.5, 0.6) is 0 Å². The number of benzene rings is 1. The summed E-state index contributed by atoms with van der Waals surface area (Å²) in [5.41, 5.74) is 8.16. The summed E-state index contributed by atoms with van der Waals surface area (Å²) in [7, 11) is 0. The van der Waals surface area contributed by atoms with Gasteiger partial charge in [0.1, 0.15) is 0 Å². The third-order valence-electron chi connectivity index (χ3n) is 3.65. The second kappa shape index (κ2) is 6.64. The van der Waals surface area contributed by atoms with E-state index in [0.29, 0.717) is 22.7 Å². The summed E-state index contributed by atoms with van der Waals surface area (Å²) < 4.78 is 1.81. The molecule has 0 unspecified atom stereocenters. The molecular formula is C17H22N4O2. The third kappa shape index (κ3) is 3.59.